The van der Waals surface area contributed by atoms with E-state index in [0.29, 0.717) is 36.2 Å². The van der Waals surface area contributed by atoms with Gasteiger partial charge in [-0.15, -0.1) is 0 Å². The van der Waals surface area contributed by atoms with Crippen LogP contribution >= 0.6 is 0 Å². The predicted molar refractivity (Wildman–Crippen MR) is 112 cm³/mol. The van der Waals surface area contributed by atoms with E-state index in [4.69, 9.17) is 0 Å². The molecule has 0 spiro atoms. The van der Waals surface area contributed by atoms with E-state index in [9.17, 15) is 18.4 Å². The fourth-order valence-electron chi connectivity index (χ4n) is 4.46. The Bertz CT molecular complexity index is 1000. The maximum Gasteiger partial charge on any atom is 0.255 e. The third-order valence-corrected chi connectivity index (χ3v) is 6.47. The highest BCUT2D eigenvalue weighted by molar-refractivity contribution is 6.04. The summed E-state index contributed by atoms with van der Waals surface area (Å²) < 4.78 is 26.0. The van der Waals surface area contributed by atoms with E-state index in [0.717, 1.165) is 18.5 Å². The van der Waals surface area contributed by atoms with Gasteiger partial charge in [0.25, 0.3) is 5.91 Å². The first-order valence-electron chi connectivity index (χ1n) is 10.6. The fraction of sp³-hybridized carbons (Fsp3) is 0.545. The van der Waals surface area contributed by atoms with Gasteiger partial charge in [0, 0.05) is 38.7 Å². The molecule has 1 saturated carbocycles. The molecule has 2 fully saturated rings. The number of hydrogen-bond donors (Lipinski definition) is 2. The van der Waals surface area contributed by atoms with Crippen LogP contribution in [-0.4, -0.2) is 57.2 Å². The van der Waals surface area contributed by atoms with Crippen molar-refractivity contribution in [1.29, 1.82) is 0 Å². The van der Waals surface area contributed by atoms with E-state index in [1.165, 1.54) is 6.08 Å². The molecule has 0 unspecified atom stereocenters. The smallest absolute Gasteiger partial charge is 0.255 e. The van der Waals surface area contributed by atoms with Crippen molar-refractivity contribution in [2.75, 3.05) is 19.6 Å². The second-order valence-electron chi connectivity index (χ2n) is 9.12. The third kappa shape index (κ3) is 4.60. The van der Waals surface area contributed by atoms with Gasteiger partial charge in [-0.25, -0.2) is 18.7 Å². The number of carbonyl (C=O) groups excluding carboxylic acids is 2. The first-order valence-corrected chi connectivity index (χ1v) is 10.6. The molecule has 1 aliphatic heterocycles. The van der Waals surface area contributed by atoms with Crippen LogP contribution in [-0.2, 0) is 11.2 Å². The number of nitrogens with zero attached hydrogens (tertiary/aromatic N) is 3. The lowest BCUT2D eigenvalue weighted by Gasteiger charge is -2.39. The quantitative estimate of drug-likeness (QED) is 0.688. The summed E-state index contributed by atoms with van der Waals surface area (Å²) in [6.45, 7) is 7.30. The van der Waals surface area contributed by atoms with Crippen LogP contribution in [0.2, 0.25) is 0 Å². The second-order valence-corrected chi connectivity index (χ2v) is 9.12. The molecule has 2 N–H and O–H groups in total. The molecule has 0 atom stereocenters. The number of halogens is 2. The third-order valence-electron chi connectivity index (χ3n) is 6.47. The number of fused-ring (bicyclic) bond motifs is 1. The van der Waals surface area contributed by atoms with Gasteiger partial charge in [-0.3, -0.25) is 9.59 Å². The van der Waals surface area contributed by atoms with Crippen molar-refractivity contribution >= 4 is 23.0 Å². The van der Waals surface area contributed by atoms with Crippen molar-refractivity contribution in [2.45, 2.75) is 45.0 Å². The average Bonchev–Trinajstić information content (AvgIpc) is 3.13. The molecule has 0 aromatic carbocycles. The van der Waals surface area contributed by atoms with Gasteiger partial charge in [-0.1, -0.05) is 13.5 Å². The average molecular weight is 431 g/mol. The number of carbonyl (C=O) groups is 2. The zero-order chi connectivity index (χ0) is 22.2. The number of alkyl halides is 2. The summed E-state index contributed by atoms with van der Waals surface area (Å²) in [7, 11) is 0. The Balaban J connectivity index is 1.41. The highest BCUT2D eigenvalue weighted by Gasteiger charge is 2.45. The SMILES string of the molecule is C=CC(=O)N1CCC(C)(Cc2cnc3[nH]cc(C(=O)NCC4CC(F)(F)C4)c3n2)CC1. The Labute approximate surface area is 179 Å². The van der Waals surface area contributed by atoms with E-state index in [1.54, 1.807) is 17.3 Å². The maximum atomic E-state index is 13.0. The Kier molecular flexibility index (Phi) is 5.53. The summed E-state index contributed by atoms with van der Waals surface area (Å²) >= 11 is 0. The molecule has 2 aromatic heterocycles. The minimum absolute atomic E-state index is 0.0194. The molecule has 2 aliphatic rings. The number of H-pyrrole nitrogens is 1. The lowest BCUT2D eigenvalue weighted by atomic mass is 9.76. The number of piperidine rings is 1. The van der Waals surface area contributed by atoms with Crippen LogP contribution in [0.5, 0.6) is 0 Å². The lowest BCUT2D eigenvalue weighted by molar-refractivity contribution is -0.128. The van der Waals surface area contributed by atoms with Crippen molar-refractivity contribution < 1.29 is 18.4 Å². The van der Waals surface area contributed by atoms with Gasteiger partial charge >= 0.3 is 0 Å². The van der Waals surface area contributed by atoms with Crippen molar-refractivity contribution in [1.82, 2.24) is 25.2 Å². The number of aromatic amines is 1. The highest BCUT2D eigenvalue weighted by atomic mass is 19.3. The minimum Gasteiger partial charge on any atom is -0.352 e. The summed E-state index contributed by atoms with van der Waals surface area (Å²) in [4.78, 5) is 38.2. The minimum atomic E-state index is -2.60. The maximum absolute atomic E-state index is 13.0. The van der Waals surface area contributed by atoms with Crippen molar-refractivity contribution in [3.8, 4) is 0 Å². The van der Waals surface area contributed by atoms with Gasteiger partial charge in [0.2, 0.25) is 11.8 Å². The molecule has 0 bridgehead atoms. The van der Waals surface area contributed by atoms with Crippen LogP contribution < -0.4 is 5.32 Å². The molecule has 166 valence electrons. The molecule has 31 heavy (non-hydrogen) atoms. The molecule has 2 aromatic rings. The molecule has 1 saturated heterocycles. The Morgan fingerprint density at radius 3 is 2.71 bits per heavy atom. The van der Waals surface area contributed by atoms with Crippen molar-refractivity contribution in [3.63, 3.8) is 0 Å². The van der Waals surface area contributed by atoms with Crippen LogP contribution in [0.3, 0.4) is 0 Å². The Hall–Kier alpha value is -2.84. The van der Waals surface area contributed by atoms with Crippen LogP contribution in [0.1, 0.15) is 48.7 Å². The van der Waals surface area contributed by atoms with E-state index in [-0.39, 0.29) is 42.5 Å². The van der Waals surface area contributed by atoms with E-state index in [1.807, 2.05) is 0 Å². The second kappa shape index (κ2) is 8.01. The number of hydrogen-bond acceptors (Lipinski definition) is 4. The van der Waals surface area contributed by atoms with Gasteiger partial charge in [0.1, 0.15) is 5.52 Å². The van der Waals surface area contributed by atoms with E-state index < -0.39 is 5.92 Å². The van der Waals surface area contributed by atoms with Gasteiger partial charge < -0.3 is 15.2 Å². The standard InChI is InChI=1S/C22H27F2N5O2/c1-3-17(30)29-6-4-21(2,5-7-29)10-15-12-25-19-18(28-15)16(13-26-19)20(31)27-11-14-8-22(23,24)9-14/h3,12-14H,1,4-11H2,2H3,(H,25,26)(H,27,31). The lowest BCUT2D eigenvalue weighted by Crippen LogP contribution is -2.42. The van der Waals surface area contributed by atoms with Gasteiger partial charge in [0.15, 0.2) is 5.65 Å². The summed E-state index contributed by atoms with van der Waals surface area (Å²) in [6, 6.07) is 0. The Morgan fingerprint density at radius 1 is 1.35 bits per heavy atom. The predicted octanol–water partition coefficient (Wildman–Crippen LogP) is 3.09. The number of aromatic nitrogens is 3. The zero-order valence-corrected chi connectivity index (χ0v) is 17.6. The van der Waals surface area contributed by atoms with Crippen molar-refractivity contribution in [2.24, 2.45) is 11.3 Å². The molecule has 2 amide bonds. The van der Waals surface area contributed by atoms with Crippen LogP contribution in [0.25, 0.3) is 11.2 Å². The molecule has 9 heteroatoms. The molecule has 0 radical (unpaired) electrons. The Morgan fingerprint density at radius 2 is 2.06 bits per heavy atom. The molecule has 4 rings (SSSR count). The van der Waals surface area contributed by atoms with E-state index in [2.05, 4.69) is 33.8 Å². The van der Waals surface area contributed by atoms with E-state index >= 15 is 0 Å². The molecular weight excluding hydrogens is 404 g/mol. The summed E-state index contributed by atoms with van der Waals surface area (Å²) in [5, 5.41) is 2.74. The monoisotopic (exact) mass is 431 g/mol. The number of nitrogens with one attached hydrogen (secondary N) is 2. The topological polar surface area (TPSA) is 91.0 Å². The molecule has 1 aliphatic carbocycles. The fourth-order valence-corrected chi connectivity index (χ4v) is 4.46. The zero-order valence-electron chi connectivity index (χ0n) is 17.6. The normalized spacial score (nSPS) is 20.3. The van der Waals surface area contributed by atoms with Crippen molar-refractivity contribution in [3.05, 3.63) is 36.3 Å². The van der Waals surface area contributed by atoms with Gasteiger partial charge in [-0.05, 0) is 36.7 Å². The number of likely N-dealkylation sites (tertiary alicyclic amines) is 1. The summed E-state index contributed by atoms with van der Waals surface area (Å²) in [6.07, 6.45) is 6.63. The number of amides is 2. The first-order chi connectivity index (χ1) is 14.7. The molecular formula is C22H27F2N5O2. The highest BCUT2D eigenvalue weighted by Crippen LogP contribution is 2.41. The first kappa shape index (κ1) is 21.4. The van der Waals surface area contributed by atoms with Gasteiger partial charge in [0.05, 0.1) is 17.5 Å². The largest absolute Gasteiger partial charge is 0.352 e. The van der Waals surface area contributed by atoms with Crippen LogP contribution in [0.15, 0.2) is 25.0 Å². The van der Waals surface area contributed by atoms with Crippen LogP contribution in [0.4, 0.5) is 8.78 Å². The summed E-state index contributed by atoms with van der Waals surface area (Å²) in [5.41, 5.74) is 2.13. The van der Waals surface area contributed by atoms with Crippen LogP contribution in [0, 0.1) is 11.3 Å². The summed E-state index contributed by atoms with van der Waals surface area (Å²) in [5.74, 6) is -3.17. The number of rotatable bonds is 6. The molecule has 7 nitrogen and oxygen atoms in total. The molecule has 3 heterocycles. The van der Waals surface area contributed by atoms with Gasteiger partial charge in [-0.2, -0.15) is 0 Å².